The van der Waals surface area contributed by atoms with Gasteiger partial charge in [0.15, 0.2) is 12.0 Å². The number of nitrogen functional groups attached to an aromatic ring is 1. The van der Waals surface area contributed by atoms with Crippen molar-refractivity contribution in [3.8, 4) is 5.75 Å². The number of likely N-dealkylation sites (N-methyl/N-ethyl adjacent to an activating group) is 1. The number of rotatable bonds is 12. The molecule has 2 aliphatic carbocycles. The van der Waals surface area contributed by atoms with Gasteiger partial charge in [-0.05, 0) is 89.0 Å². The molecule has 4 fully saturated rings. The van der Waals surface area contributed by atoms with Crippen LogP contribution in [0.3, 0.4) is 0 Å². The topological polar surface area (TPSA) is 237 Å². The monoisotopic (exact) mass is 861 g/mol. The zero-order chi connectivity index (χ0) is 44.2. The number of anilines is 5. The molecule has 5 aliphatic rings. The third-order valence-electron chi connectivity index (χ3n) is 12.8. The van der Waals surface area contributed by atoms with Crippen LogP contribution in [0.15, 0.2) is 41.5 Å². The molecule has 5 heterocycles. The van der Waals surface area contributed by atoms with E-state index in [0.29, 0.717) is 41.1 Å². The van der Waals surface area contributed by atoms with Gasteiger partial charge in [0.05, 0.1) is 25.6 Å². The van der Waals surface area contributed by atoms with E-state index >= 15 is 0 Å². The van der Waals surface area contributed by atoms with Gasteiger partial charge in [0.2, 0.25) is 11.9 Å². The molecule has 2 saturated heterocycles. The molecule has 3 aromatic rings. The van der Waals surface area contributed by atoms with E-state index in [-0.39, 0.29) is 35.8 Å². The summed E-state index contributed by atoms with van der Waals surface area (Å²) in [5.74, 6) is 2.64. The van der Waals surface area contributed by atoms with Crippen molar-refractivity contribution in [3.05, 3.63) is 52.7 Å². The van der Waals surface area contributed by atoms with Crippen molar-refractivity contribution in [2.75, 3.05) is 74.3 Å². The average Bonchev–Trinajstić information content (AvgIpc) is 4.05. The lowest BCUT2D eigenvalue weighted by molar-refractivity contribution is -0.120. The van der Waals surface area contributed by atoms with E-state index in [1.165, 1.54) is 57.8 Å². The van der Waals surface area contributed by atoms with Crippen molar-refractivity contribution < 1.29 is 34.4 Å². The number of carbonyl (C=O) groups is 2. The summed E-state index contributed by atoms with van der Waals surface area (Å²) in [6.07, 6.45) is 6.25. The molecule has 0 radical (unpaired) electrons. The standard InChI is InChI=1S/C34H50N8O3.C9H13N3O5/c1-6-28-33(44)39(4)29-20-35-34(38-31(29)42(28)22(2)3)37-27-14-9-24(19-30(27)45-5)32(43)36-25-10-12-26(13-11-25)41-17-15-40(16-18-41)21-23-7-8-23;10-5-1-2-12(9(16)11-5)8-7(15)6(14)4(3-13)17-8/h9,14,19-20,22-23,25-26,28H,6-8,10-13,15-18,21H2,1-5H3,(H,36,43)(H,35,37,38);1-2,4,6-8,13-15H,3H2,(H2,10,11,16)/t25?,26?,28-;4-,6-,7+,8-/m11/s1. The van der Waals surface area contributed by atoms with E-state index in [1.54, 1.807) is 31.3 Å². The van der Waals surface area contributed by atoms with Crippen LogP contribution in [0.1, 0.15) is 82.3 Å². The highest BCUT2D eigenvalue weighted by Crippen LogP contribution is 2.38. The van der Waals surface area contributed by atoms with Crippen molar-refractivity contribution >= 4 is 40.8 Å². The largest absolute Gasteiger partial charge is 0.495 e. The van der Waals surface area contributed by atoms with E-state index in [1.807, 2.05) is 19.1 Å². The van der Waals surface area contributed by atoms with Crippen molar-refractivity contribution in [1.29, 1.82) is 0 Å². The van der Waals surface area contributed by atoms with Crippen molar-refractivity contribution in [2.45, 2.75) is 114 Å². The number of nitrogens with zero attached hydrogens (tertiary/aromatic N) is 8. The smallest absolute Gasteiger partial charge is 0.351 e. The Morgan fingerprint density at radius 3 is 2.35 bits per heavy atom. The van der Waals surface area contributed by atoms with Crippen LogP contribution in [-0.4, -0.2) is 152 Å². The first-order valence-corrected chi connectivity index (χ1v) is 21.9. The number of aliphatic hydroxyl groups is 3. The molecule has 0 spiro atoms. The number of carbonyl (C=O) groups excluding carboxylic acids is 2. The SMILES string of the molecule is CC[C@@H]1C(=O)N(C)c2cnc(Nc3ccc(C(=O)NC4CCC(N5CCN(CC6CC6)CC5)CC4)cc3OC)nc2N1C(C)C.Nc1ccn([C@@H]2O[C@H](CO)[C@@H](O)[C@@H]2O)c(=O)n1. The second kappa shape index (κ2) is 19.6. The maximum Gasteiger partial charge on any atom is 0.351 e. The molecule has 2 amide bonds. The second-order valence-electron chi connectivity index (χ2n) is 17.3. The highest BCUT2D eigenvalue weighted by atomic mass is 16.6. The number of hydrogen-bond donors (Lipinski definition) is 6. The molecule has 2 aromatic heterocycles. The van der Waals surface area contributed by atoms with E-state index in [9.17, 15) is 24.6 Å². The molecule has 5 atom stereocenters. The van der Waals surface area contributed by atoms with E-state index in [2.05, 4.69) is 49.1 Å². The van der Waals surface area contributed by atoms with Crippen LogP contribution in [0.25, 0.3) is 0 Å². The maximum absolute atomic E-state index is 13.3. The van der Waals surface area contributed by atoms with E-state index in [0.717, 1.165) is 42.0 Å². The quantitative estimate of drug-likeness (QED) is 0.152. The van der Waals surface area contributed by atoms with E-state index < -0.39 is 36.8 Å². The summed E-state index contributed by atoms with van der Waals surface area (Å²) in [4.78, 5) is 59.6. The van der Waals surface area contributed by atoms with Crippen LogP contribution in [0.4, 0.5) is 29.0 Å². The number of methoxy groups -OCH3 is 1. The molecule has 7 N–H and O–H groups in total. The number of nitrogens with one attached hydrogen (secondary N) is 2. The number of amides is 2. The number of piperazine rings is 1. The third kappa shape index (κ3) is 9.97. The number of aromatic nitrogens is 4. The third-order valence-corrected chi connectivity index (χ3v) is 12.8. The molecule has 19 nitrogen and oxygen atoms in total. The molecule has 2 saturated carbocycles. The minimum Gasteiger partial charge on any atom is -0.495 e. The Morgan fingerprint density at radius 2 is 1.74 bits per heavy atom. The van der Waals surface area contributed by atoms with Crippen molar-refractivity contribution in [3.63, 3.8) is 0 Å². The van der Waals surface area contributed by atoms with Crippen LogP contribution < -0.4 is 36.6 Å². The molecule has 19 heteroatoms. The van der Waals surface area contributed by atoms with Gasteiger partial charge in [0.25, 0.3) is 5.91 Å². The Morgan fingerprint density at radius 1 is 1.02 bits per heavy atom. The molecule has 0 unspecified atom stereocenters. The molecule has 338 valence electrons. The van der Waals surface area contributed by atoms with Gasteiger partial charge in [-0.25, -0.2) is 9.78 Å². The predicted octanol–water partition coefficient (Wildman–Crippen LogP) is 1.70. The number of hydrogen-bond acceptors (Lipinski definition) is 16. The lowest BCUT2D eigenvalue weighted by Crippen LogP contribution is -2.54. The molecular weight excluding hydrogens is 799 g/mol. The summed E-state index contributed by atoms with van der Waals surface area (Å²) >= 11 is 0. The number of ether oxygens (including phenoxy) is 2. The Bertz CT molecular complexity index is 2090. The summed E-state index contributed by atoms with van der Waals surface area (Å²) in [6, 6.07) is 7.42. The number of benzene rings is 1. The first kappa shape index (κ1) is 45.1. The van der Waals surface area contributed by atoms with Crippen LogP contribution in [0.5, 0.6) is 5.75 Å². The van der Waals surface area contributed by atoms with Crippen LogP contribution >= 0.6 is 0 Å². The highest BCUT2D eigenvalue weighted by molar-refractivity contribution is 6.04. The number of nitrogens with two attached hydrogens (primary N) is 1. The molecule has 3 aliphatic heterocycles. The van der Waals surface area contributed by atoms with Gasteiger partial charge in [0.1, 0.15) is 41.6 Å². The summed E-state index contributed by atoms with van der Waals surface area (Å²) in [5.41, 5.74) is 6.54. The van der Waals surface area contributed by atoms with Gasteiger partial charge in [-0.1, -0.05) is 6.92 Å². The summed E-state index contributed by atoms with van der Waals surface area (Å²) in [7, 11) is 3.36. The van der Waals surface area contributed by atoms with Gasteiger partial charge in [-0.3, -0.25) is 19.1 Å². The summed E-state index contributed by atoms with van der Waals surface area (Å²) in [5, 5.41) is 34.7. The first-order chi connectivity index (χ1) is 29.8. The Balaban J connectivity index is 0.000000284. The van der Waals surface area contributed by atoms with Gasteiger partial charge in [-0.15, -0.1) is 0 Å². The average molecular weight is 862 g/mol. The first-order valence-electron chi connectivity index (χ1n) is 21.9. The second-order valence-corrected chi connectivity index (χ2v) is 17.3. The fraction of sp³-hybridized carbons (Fsp3) is 0.628. The minimum atomic E-state index is -1.31. The molecular formula is C43H63N11O8. The predicted molar refractivity (Wildman–Crippen MR) is 234 cm³/mol. The Hall–Kier alpha value is -4.92. The van der Waals surface area contributed by atoms with Crippen LogP contribution in [0, 0.1) is 5.92 Å². The van der Waals surface area contributed by atoms with Crippen LogP contribution in [-0.2, 0) is 9.53 Å². The minimum absolute atomic E-state index is 0.0454. The molecule has 0 bridgehead atoms. The van der Waals surface area contributed by atoms with E-state index in [4.69, 9.17) is 25.3 Å². The van der Waals surface area contributed by atoms with Gasteiger partial charge < -0.3 is 55.9 Å². The number of fused-ring (bicyclic) bond motifs is 1. The zero-order valence-electron chi connectivity index (χ0n) is 36.4. The number of aliphatic hydroxyl groups excluding tert-OH is 3. The lowest BCUT2D eigenvalue weighted by Gasteiger charge is -2.42. The summed E-state index contributed by atoms with van der Waals surface area (Å²) < 4.78 is 11.9. The summed E-state index contributed by atoms with van der Waals surface area (Å²) in [6.45, 7) is 11.8. The lowest BCUT2D eigenvalue weighted by atomic mass is 9.89. The Labute approximate surface area is 362 Å². The molecule has 8 rings (SSSR count). The van der Waals surface area contributed by atoms with Gasteiger partial charge in [0, 0.05) is 69.7 Å². The highest BCUT2D eigenvalue weighted by Gasteiger charge is 2.44. The fourth-order valence-corrected chi connectivity index (χ4v) is 9.05. The zero-order valence-corrected chi connectivity index (χ0v) is 36.4. The van der Waals surface area contributed by atoms with Crippen molar-refractivity contribution in [2.24, 2.45) is 5.92 Å². The Kier molecular flexibility index (Phi) is 14.3. The normalized spacial score (nSPS) is 26.8. The van der Waals surface area contributed by atoms with Gasteiger partial charge >= 0.3 is 5.69 Å². The van der Waals surface area contributed by atoms with Gasteiger partial charge in [-0.2, -0.15) is 9.97 Å². The van der Waals surface area contributed by atoms with Crippen molar-refractivity contribution in [1.82, 2.24) is 34.6 Å². The molecule has 62 heavy (non-hydrogen) atoms. The van der Waals surface area contributed by atoms with Crippen LogP contribution in [0.2, 0.25) is 0 Å². The molecule has 1 aromatic carbocycles. The maximum atomic E-state index is 13.3. The fourth-order valence-electron chi connectivity index (χ4n) is 9.05.